The number of carbonyl (C=O) groups excluding carboxylic acids is 2. The van der Waals surface area contributed by atoms with Crippen molar-refractivity contribution in [3.8, 4) is 0 Å². The minimum Gasteiger partial charge on any atom is -0.462 e. The van der Waals surface area contributed by atoms with E-state index in [-0.39, 0.29) is 11.9 Å². The van der Waals surface area contributed by atoms with Gasteiger partial charge in [0.2, 0.25) is 5.91 Å². The van der Waals surface area contributed by atoms with E-state index in [4.69, 9.17) is 4.74 Å². The molecular formula is C23H21NO3S. The quantitative estimate of drug-likeness (QED) is 0.437. The smallest absolute Gasteiger partial charge is 0.338 e. The minimum absolute atomic E-state index is 0.121. The molecule has 3 rings (SSSR count). The first-order valence-corrected chi connectivity index (χ1v) is 9.90. The Kier molecular flexibility index (Phi) is 6.87. The summed E-state index contributed by atoms with van der Waals surface area (Å²) in [6, 6.07) is 26.2. The van der Waals surface area contributed by atoms with Crippen molar-refractivity contribution in [1.29, 1.82) is 0 Å². The van der Waals surface area contributed by atoms with Gasteiger partial charge in [-0.2, -0.15) is 0 Å². The average molecular weight is 391 g/mol. The Morgan fingerprint density at radius 2 is 1.50 bits per heavy atom. The van der Waals surface area contributed by atoms with E-state index in [0.717, 1.165) is 10.5 Å². The fourth-order valence-electron chi connectivity index (χ4n) is 2.65. The molecule has 3 aromatic rings. The molecule has 1 atom stereocenters. The Labute approximate surface area is 168 Å². The highest BCUT2D eigenvalue weighted by Gasteiger charge is 2.22. The SMILES string of the molecule is CCOC(=O)c1ccc(NC(=O)[C@@H](Sc2ccccc2)c2ccccc2)cc1. The highest BCUT2D eigenvalue weighted by atomic mass is 32.2. The van der Waals surface area contributed by atoms with E-state index < -0.39 is 5.25 Å². The molecule has 28 heavy (non-hydrogen) atoms. The van der Waals surface area contributed by atoms with Crippen molar-refractivity contribution in [2.45, 2.75) is 17.1 Å². The fraction of sp³-hybridized carbons (Fsp3) is 0.130. The predicted molar refractivity (Wildman–Crippen MR) is 113 cm³/mol. The first-order valence-electron chi connectivity index (χ1n) is 9.02. The number of benzene rings is 3. The number of esters is 1. The first kappa shape index (κ1) is 19.7. The summed E-state index contributed by atoms with van der Waals surface area (Å²) in [7, 11) is 0. The molecule has 0 aliphatic rings. The molecule has 0 heterocycles. The fourth-order valence-corrected chi connectivity index (χ4v) is 3.69. The van der Waals surface area contributed by atoms with Crippen molar-refractivity contribution in [3.05, 3.63) is 96.1 Å². The number of nitrogens with one attached hydrogen (secondary N) is 1. The number of amides is 1. The second-order valence-electron chi connectivity index (χ2n) is 6.01. The van der Waals surface area contributed by atoms with Gasteiger partial charge in [0, 0.05) is 10.6 Å². The lowest BCUT2D eigenvalue weighted by molar-refractivity contribution is -0.115. The van der Waals surface area contributed by atoms with E-state index in [1.807, 2.05) is 60.7 Å². The van der Waals surface area contributed by atoms with Gasteiger partial charge >= 0.3 is 5.97 Å². The van der Waals surface area contributed by atoms with Crippen LogP contribution in [0.1, 0.15) is 28.1 Å². The summed E-state index contributed by atoms with van der Waals surface area (Å²) in [6.45, 7) is 2.09. The second kappa shape index (κ2) is 9.76. The number of carbonyl (C=O) groups is 2. The van der Waals surface area contributed by atoms with Crippen LogP contribution in [0, 0.1) is 0 Å². The maximum Gasteiger partial charge on any atom is 0.338 e. The summed E-state index contributed by atoms with van der Waals surface area (Å²) in [5, 5.41) is 2.55. The number of ether oxygens (including phenoxy) is 1. The van der Waals surface area contributed by atoms with Gasteiger partial charge in [-0.1, -0.05) is 48.5 Å². The minimum atomic E-state index is -0.395. The van der Waals surface area contributed by atoms with Gasteiger partial charge in [0.15, 0.2) is 0 Å². The molecule has 0 radical (unpaired) electrons. The molecule has 0 saturated heterocycles. The highest BCUT2D eigenvalue weighted by Crippen LogP contribution is 2.36. The lowest BCUT2D eigenvalue weighted by Crippen LogP contribution is -2.19. The Balaban J connectivity index is 1.77. The Hall–Kier alpha value is -3.05. The van der Waals surface area contributed by atoms with Crippen molar-refractivity contribution in [1.82, 2.24) is 0 Å². The van der Waals surface area contributed by atoms with Crippen molar-refractivity contribution in [2.24, 2.45) is 0 Å². The summed E-state index contributed by atoms with van der Waals surface area (Å²) in [5.74, 6) is -0.494. The summed E-state index contributed by atoms with van der Waals surface area (Å²) in [5.41, 5.74) is 2.02. The van der Waals surface area contributed by atoms with Crippen LogP contribution < -0.4 is 5.32 Å². The maximum absolute atomic E-state index is 13.0. The molecule has 0 spiro atoms. The molecule has 1 amide bonds. The average Bonchev–Trinajstić information content (AvgIpc) is 2.74. The van der Waals surface area contributed by atoms with E-state index in [1.165, 1.54) is 11.8 Å². The van der Waals surface area contributed by atoms with E-state index in [2.05, 4.69) is 5.32 Å². The van der Waals surface area contributed by atoms with Crippen molar-refractivity contribution >= 4 is 29.3 Å². The van der Waals surface area contributed by atoms with Crippen molar-refractivity contribution in [2.75, 3.05) is 11.9 Å². The monoisotopic (exact) mass is 391 g/mol. The van der Waals surface area contributed by atoms with E-state index in [0.29, 0.717) is 17.9 Å². The van der Waals surface area contributed by atoms with Gasteiger partial charge in [0.25, 0.3) is 0 Å². The van der Waals surface area contributed by atoms with E-state index >= 15 is 0 Å². The van der Waals surface area contributed by atoms with Crippen LogP contribution in [0.4, 0.5) is 5.69 Å². The molecule has 142 valence electrons. The van der Waals surface area contributed by atoms with Gasteiger partial charge in [-0.05, 0) is 48.9 Å². The molecule has 1 N–H and O–H groups in total. The number of hydrogen-bond acceptors (Lipinski definition) is 4. The third kappa shape index (κ3) is 5.24. The van der Waals surface area contributed by atoms with E-state index in [1.54, 1.807) is 31.2 Å². The van der Waals surface area contributed by atoms with Crippen LogP contribution in [-0.4, -0.2) is 18.5 Å². The zero-order valence-corrected chi connectivity index (χ0v) is 16.3. The lowest BCUT2D eigenvalue weighted by atomic mass is 10.1. The zero-order valence-electron chi connectivity index (χ0n) is 15.5. The third-order valence-electron chi connectivity index (χ3n) is 4.00. The normalized spacial score (nSPS) is 11.5. The third-order valence-corrected chi connectivity index (χ3v) is 5.27. The molecule has 5 heteroatoms. The second-order valence-corrected chi connectivity index (χ2v) is 7.19. The molecule has 0 aromatic heterocycles. The Bertz CT molecular complexity index is 912. The van der Waals surface area contributed by atoms with Gasteiger partial charge < -0.3 is 10.1 Å². The lowest BCUT2D eigenvalue weighted by Gasteiger charge is -2.17. The molecule has 0 aliphatic heterocycles. The maximum atomic E-state index is 13.0. The summed E-state index contributed by atoms with van der Waals surface area (Å²) >= 11 is 1.50. The number of hydrogen-bond donors (Lipinski definition) is 1. The van der Waals surface area contributed by atoms with Crippen LogP contribution >= 0.6 is 11.8 Å². The van der Waals surface area contributed by atoms with Crippen LogP contribution in [0.25, 0.3) is 0 Å². The molecular weight excluding hydrogens is 370 g/mol. The van der Waals surface area contributed by atoms with Gasteiger partial charge in [-0.15, -0.1) is 11.8 Å². The predicted octanol–water partition coefficient (Wildman–Crippen LogP) is 5.34. The van der Waals surface area contributed by atoms with Crippen LogP contribution in [0.5, 0.6) is 0 Å². The summed E-state index contributed by atoms with van der Waals surface area (Å²) < 4.78 is 4.98. The Morgan fingerprint density at radius 3 is 2.11 bits per heavy atom. The van der Waals surface area contributed by atoms with Crippen LogP contribution in [-0.2, 0) is 9.53 Å². The molecule has 4 nitrogen and oxygen atoms in total. The van der Waals surface area contributed by atoms with Crippen molar-refractivity contribution < 1.29 is 14.3 Å². The highest BCUT2D eigenvalue weighted by molar-refractivity contribution is 8.00. The molecule has 3 aromatic carbocycles. The van der Waals surface area contributed by atoms with Crippen LogP contribution in [0.15, 0.2) is 89.8 Å². The van der Waals surface area contributed by atoms with Crippen molar-refractivity contribution in [3.63, 3.8) is 0 Å². The zero-order chi connectivity index (χ0) is 19.8. The van der Waals surface area contributed by atoms with Crippen LogP contribution in [0.2, 0.25) is 0 Å². The molecule has 0 bridgehead atoms. The summed E-state index contributed by atoms with van der Waals surface area (Å²) in [6.07, 6.45) is 0. The van der Waals surface area contributed by atoms with Gasteiger partial charge in [0.1, 0.15) is 5.25 Å². The summed E-state index contributed by atoms with van der Waals surface area (Å²) in [4.78, 5) is 25.8. The first-order chi connectivity index (χ1) is 13.7. The standard InChI is InChI=1S/C23H21NO3S/c1-2-27-23(26)18-13-15-19(16-14-18)24-22(25)21(17-9-5-3-6-10-17)28-20-11-7-4-8-12-20/h3-16,21H,2H2,1H3,(H,24,25)/t21-/m0/s1. The van der Waals surface area contributed by atoms with Crippen LogP contribution in [0.3, 0.4) is 0 Å². The molecule has 0 saturated carbocycles. The van der Waals surface area contributed by atoms with Gasteiger partial charge in [0.05, 0.1) is 12.2 Å². The number of anilines is 1. The van der Waals surface area contributed by atoms with Gasteiger partial charge in [-0.3, -0.25) is 4.79 Å². The molecule has 0 aliphatic carbocycles. The van der Waals surface area contributed by atoms with E-state index in [9.17, 15) is 9.59 Å². The number of thioether (sulfide) groups is 1. The topological polar surface area (TPSA) is 55.4 Å². The Morgan fingerprint density at radius 1 is 0.893 bits per heavy atom. The molecule has 0 unspecified atom stereocenters. The molecule has 0 fully saturated rings. The largest absolute Gasteiger partial charge is 0.462 e. The van der Waals surface area contributed by atoms with Gasteiger partial charge in [-0.25, -0.2) is 4.79 Å². The number of rotatable bonds is 7.